The van der Waals surface area contributed by atoms with Crippen molar-refractivity contribution < 1.29 is 50.0 Å². The van der Waals surface area contributed by atoms with Gasteiger partial charge in [0.05, 0.1) is 6.10 Å². The molecule has 0 radical (unpaired) electrons. The van der Waals surface area contributed by atoms with E-state index in [2.05, 4.69) is 0 Å². The largest absolute Gasteiger partial charge is 0.508 e. The lowest BCUT2D eigenvalue weighted by atomic mass is 9.72. The Balaban J connectivity index is 1.41. The fourth-order valence-electron chi connectivity index (χ4n) is 7.38. The number of phenolic OH excluding ortho intramolecular Hbond substituents is 5. The molecule has 10 heteroatoms. The summed E-state index contributed by atoms with van der Waals surface area (Å²) in [4.78, 5) is 0. The van der Waals surface area contributed by atoms with E-state index in [4.69, 9.17) is 14.2 Å². The summed E-state index contributed by atoms with van der Waals surface area (Å²) < 4.78 is 19.4. The molecule has 5 unspecified atom stereocenters. The summed E-state index contributed by atoms with van der Waals surface area (Å²) in [6, 6.07) is 11.0. The second kappa shape index (κ2) is 10.4. The van der Waals surface area contributed by atoms with Crippen molar-refractivity contribution >= 4 is 0 Å². The number of aryl methyl sites for hydroxylation is 4. The summed E-state index contributed by atoms with van der Waals surface area (Å²) in [6.07, 6.45) is -2.99. The van der Waals surface area contributed by atoms with Crippen LogP contribution in [0.5, 0.6) is 46.0 Å². The van der Waals surface area contributed by atoms with Crippen molar-refractivity contribution in [2.75, 3.05) is 6.61 Å². The molecular formula is C36H36O10. The number of fused-ring (bicyclic) bond motifs is 7. The Labute approximate surface area is 265 Å². The fraction of sp³-hybridized carbons (Fsp3) is 0.333. The minimum Gasteiger partial charge on any atom is -0.508 e. The molecule has 0 fully saturated rings. The maximum absolute atomic E-state index is 12.2. The van der Waals surface area contributed by atoms with Crippen LogP contribution < -0.4 is 14.2 Å². The van der Waals surface area contributed by atoms with Crippen LogP contribution in [0.15, 0.2) is 42.5 Å². The number of benzene rings is 4. The molecule has 240 valence electrons. The highest BCUT2D eigenvalue weighted by Crippen LogP contribution is 2.56. The van der Waals surface area contributed by atoms with E-state index >= 15 is 0 Å². The van der Waals surface area contributed by atoms with Crippen LogP contribution in [0.25, 0.3) is 0 Å². The van der Waals surface area contributed by atoms with E-state index in [9.17, 15) is 35.7 Å². The van der Waals surface area contributed by atoms with Gasteiger partial charge in [0.2, 0.25) is 0 Å². The summed E-state index contributed by atoms with van der Waals surface area (Å²) in [5.74, 6) is -0.397. The van der Waals surface area contributed by atoms with Gasteiger partial charge < -0.3 is 50.0 Å². The molecule has 4 aromatic carbocycles. The molecule has 0 saturated heterocycles. The van der Waals surface area contributed by atoms with Crippen LogP contribution in [-0.4, -0.2) is 54.6 Å². The van der Waals surface area contributed by atoms with Gasteiger partial charge in [0.1, 0.15) is 64.8 Å². The van der Waals surface area contributed by atoms with Crippen LogP contribution in [-0.2, 0) is 18.4 Å². The Morgan fingerprint density at radius 3 is 1.98 bits per heavy atom. The third-order valence-electron chi connectivity index (χ3n) is 9.74. The van der Waals surface area contributed by atoms with Crippen LogP contribution in [0.1, 0.15) is 62.1 Å². The van der Waals surface area contributed by atoms with Gasteiger partial charge in [-0.15, -0.1) is 0 Å². The van der Waals surface area contributed by atoms with Gasteiger partial charge in [0, 0.05) is 52.8 Å². The minimum absolute atomic E-state index is 0.0696. The quantitative estimate of drug-likeness (QED) is 0.163. The second-order valence-corrected chi connectivity index (χ2v) is 12.9. The summed E-state index contributed by atoms with van der Waals surface area (Å²) >= 11 is 0. The predicted molar refractivity (Wildman–Crippen MR) is 166 cm³/mol. The maximum atomic E-state index is 12.2. The van der Waals surface area contributed by atoms with Crippen molar-refractivity contribution in [1.29, 1.82) is 0 Å². The van der Waals surface area contributed by atoms with Gasteiger partial charge in [-0.25, -0.2) is 0 Å². The molecule has 0 saturated carbocycles. The fourth-order valence-corrected chi connectivity index (χ4v) is 7.38. The Bertz CT molecular complexity index is 1870. The molecule has 0 spiro atoms. The molecule has 7 rings (SSSR count). The highest BCUT2D eigenvalue weighted by molar-refractivity contribution is 5.62. The number of rotatable bonds is 2. The lowest BCUT2D eigenvalue weighted by molar-refractivity contribution is -0.114. The van der Waals surface area contributed by atoms with Gasteiger partial charge in [-0.2, -0.15) is 0 Å². The van der Waals surface area contributed by atoms with Crippen LogP contribution >= 0.6 is 0 Å². The Morgan fingerprint density at radius 1 is 0.696 bits per heavy atom. The number of hydrogen-bond donors (Lipinski definition) is 7. The van der Waals surface area contributed by atoms with Gasteiger partial charge >= 0.3 is 0 Å². The Morgan fingerprint density at radius 2 is 1.33 bits per heavy atom. The zero-order valence-corrected chi connectivity index (χ0v) is 25.8. The lowest BCUT2D eigenvalue weighted by Gasteiger charge is -2.48. The average Bonchev–Trinajstić information content (AvgIpc) is 2.99. The van der Waals surface area contributed by atoms with E-state index < -0.39 is 29.8 Å². The predicted octanol–water partition coefficient (Wildman–Crippen LogP) is 4.85. The van der Waals surface area contributed by atoms with Crippen molar-refractivity contribution in [2.24, 2.45) is 0 Å². The first kappa shape index (κ1) is 29.9. The van der Waals surface area contributed by atoms with Crippen LogP contribution in [0, 0.1) is 27.7 Å². The molecule has 3 heterocycles. The normalized spacial score (nSPS) is 24.7. The number of phenols is 5. The molecule has 0 aliphatic carbocycles. The van der Waals surface area contributed by atoms with Crippen LogP contribution in [0.4, 0.5) is 0 Å². The van der Waals surface area contributed by atoms with Crippen LogP contribution in [0.2, 0.25) is 0 Å². The van der Waals surface area contributed by atoms with Crippen molar-refractivity contribution in [3.63, 3.8) is 0 Å². The summed E-state index contributed by atoms with van der Waals surface area (Å²) in [6.45, 7) is 6.77. The molecule has 3 aliphatic rings. The standard InChI is InChI=1S/C36H36O10/c1-15-5-19(6-16(2)31(15)41)33-27(40)12-22-25(38)13-28-23(34(22)45-33)11-24-30-26(39)9-21(37)10-29(30)46-36(14-44-28,35(24)43)20-7-17(3)32(42)18(4)8-20/h5-10,13,24,27,33,35,37-43H,11-12,14H2,1-4H3. The lowest BCUT2D eigenvalue weighted by Crippen LogP contribution is -2.55. The van der Waals surface area contributed by atoms with Gasteiger partial charge in [0.25, 0.3) is 0 Å². The molecule has 3 aliphatic heterocycles. The van der Waals surface area contributed by atoms with Crippen molar-refractivity contribution in [3.05, 3.63) is 92.5 Å². The SMILES string of the molecule is Cc1cc(C2Oc3c(c(O)cc4c3CC3c5c(O)cc(O)cc5OC(c5cc(C)c(O)c(C)c5)(CO4)C3O)CC2O)cc(C)c1O. The van der Waals surface area contributed by atoms with E-state index in [0.29, 0.717) is 55.8 Å². The van der Waals surface area contributed by atoms with Crippen molar-refractivity contribution in [3.8, 4) is 46.0 Å². The van der Waals surface area contributed by atoms with E-state index in [-0.39, 0.29) is 59.7 Å². The minimum atomic E-state index is -1.54. The van der Waals surface area contributed by atoms with Gasteiger partial charge in [0.15, 0.2) is 5.60 Å². The highest BCUT2D eigenvalue weighted by Gasteiger charge is 2.54. The zero-order chi connectivity index (χ0) is 32.8. The number of aromatic hydroxyl groups is 5. The Kier molecular flexibility index (Phi) is 6.73. The third-order valence-corrected chi connectivity index (χ3v) is 9.74. The summed E-state index contributed by atoms with van der Waals surface area (Å²) in [7, 11) is 0. The maximum Gasteiger partial charge on any atom is 0.194 e. The Hall–Kier alpha value is -4.80. The molecule has 5 atom stereocenters. The van der Waals surface area contributed by atoms with Crippen molar-refractivity contribution in [1.82, 2.24) is 0 Å². The molecular weight excluding hydrogens is 592 g/mol. The van der Waals surface area contributed by atoms with Gasteiger partial charge in [-0.3, -0.25) is 0 Å². The molecule has 10 nitrogen and oxygen atoms in total. The monoisotopic (exact) mass is 628 g/mol. The second-order valence-electron chi connectivity index (χ2n) is 12.9. The van der Waals surface area contributed by atoms with Gasteiger partial charge in [-0.05, 0) is 86.2 Å². The first-order valence-corrected chi connectivity index (χ1v) is 15.2. The molecule has 0 aromatic heterocycles. The number of aliphatic hydroxyl groups is 2. The van der Waals surface area contributed by atoms with E-state index in [0.717, 1.165) is 0 Å². The zero-order valence-electron chi connectivity index (χ0n) is 25.8. The smallest absolute Gasteiger partial charge is 0.194 e. The van der Waals surface area contributed by atoms with Crippen molar-refractivity contribution in [2.45, 2.75) is 70.4 Å². The topological polar surface area (TPSA) is 169 Å². The van der Waals surface area contributed by atoms with E-state index in [1.54, 1.807) is 52.0 Å². The average molecular weight is 629 g/mol. The highest BCUT2D eigenvalue weighted by atomic mass is 16.6. The molecule has 0 amide bonds. The molecule has 4 aromatic rings. The summed E-state index contributed by atoms with van der Waals surface area (Å²) in [5, 5.41) is 77.0. The summed E-state index contributed by atoms with van der Waals surface area (Å²) in [5.41, 5.74) is 3.21. The number of ether oxygens (including phenoxy) is 3. The number of hydrogen-bond acceptors (Lipinski definition) is 10. The van der Waals surface area contributed by atoms with E-state index in [1.807, 2.05) is 0 Å². The third kappa shape index (κ3) is 4.39. The first-order valence-electron chi connectivity index (χ1n) is 15.2. The molecule has 46 heavy (non-hydrogen) atoms. The molecule has 2 bridgehead atoms. The van der Waals surface area contributed by atoms with E-state index in [1.165, 1.54) is 18.2 Å². The first-order chi connectivity index (χ1) is 21.8. The molecule has 7 N–H and O–H groups in total. The van der Waals surface area contributed by atoms with Crippen LogP contribution in [0.3, 0.4) is 0 Å². The van der Waals surface area contributed by atoms with Gasteiger partial charge in [-0.1, -0.05) is 0 Å². The number of aliphatic hydroxyl groups excluding tert-OH is 2.